The molecule has 3 N–H and O–H groups in total. The summed E-state index contributed by atoms with van der Waals surface area (Å²) in [5.41, 5.74) is 0.736. The van der Waals surface area contributed by atoms with E-state index in [4.69, 9.17) is 10.4 Å². The molecule has 0 aromatic heterocycles. The van der Waals surface area contributed by atoms with Crippen LogP contribution in [-0.2, 0) is 4.79 Å². The summed E-state index contributed by atoms with van der Waals surface area (Å²) in [5.74, 6) is -1.64. The number of urea groups is 1. The Morgan fingerprint density at radius 2 is 2.11 bits per heavy atom. The Labute approximate surface area is 104 Å². The molecule has 0 aliphatic heterocycles. The van der Waals surface area contributed by atoms with Crippen LogP contribution in [0.3, 0.4) is 0 Å². The van der Waals surface area contributed by atoms with E-state index in [9.17, 15) is 9.59 Å². The van der Waals surface area contributed by atoms with Gasteiger partial charge in [0.2, 0.25) is 0 Å². The van der Waals surface area contributed by atoms with Crippen molar-refractivity contribution in [1.29, 1.82) is 5.26 Å². The second kappa shape index (κ2) is 6.25. The minimum Gasteiger partial charge on any atom is -0.481 e. The minimum atomic E-state index is -0.979. The Bertz CT molecular complexity index is 494. The molecule has 0 saturated heterocycles. The van der Waals surface area contributed by atoms with E-state index in [0.29, 0.717) is 11.3 Å². The van der Waals surface area contributed by atoms with Crippen molar-refractivity contribution >= 4 is 17.7 Å². The number of aliphatic carboxylic acids is 1. The summed E-state index contributed by atoms with van der Waals surface area (Å²) in [7, 11) is 0. The number of hydrogen-bond donors (Lipinski definition) is 3. The van der Waals surface area contributed by atoms with Crippen LogP contribution in [0.4, 0.5) is 10.5 Å². The lowest BCUT2D eigenvalue weighted by Gasteiger charge is -2.10. The number of hydrogen-bond acceptors (Lipinski definition) is 3. The van der Waals surface area contributed by atoms with E-state index in [1.807, 2.05) is 6.07 Å². The third-order valence-electron chi connectivity index (χ3n) is 2.29. The second-order valence-electron chi connectivity index (χ2n) is 3.73. The summed E-state index contributed by atoms with van der Waals surface area (Å²) in [6.45, 7) is 1.52. The number of carboxylic acid groups (broad SMARTS) is 1. The third kappa shape index (κ3) is 3.79. The molecule has 1 atom stereocenters. The Balaban J connectivity index is 2.55. The van der Waals surface area contributed by atoms with Crippen LogP contribution in [0.15, 0.2) is 24.3 Å². The average molecular weight is 247 g/mol. The van der Waals surface area contributed by atoms with Crippen LogP contribution in [0.5, 0.6) is 0 Å². The predicted molar refractivity (Wildman–Crippen MR) is 65.0 cm³/mol. The maximum atomic E-state index is 11.5. The molecule has 0 aliphatic rings. The fourth-order valence-electron chi connectivity index (χ4n) is 1.19. The summed E-state index contributed by atoms with van der Waals surface area (Å²) < 4.78 is 0. The highest BCUT2D eigenvalue weighted by Gasteiger charge is 2.12. The molecule has 1 rings (SSSR count). The van der Waals surface area contributed by atoms with Crippen molar-refractivity contribution in [1.82, 2.24) is 5.32 Å². The Hall–Kier alpha value is -2.55. The number of carbonyl (C=O) groups excluding carboxylic acids is 1. The zero-order valence-corrected chi connectivity index (χ0v) is 9.80. The zero-order valence-electron chi connectivity index (χ0n) is 9.80. The topological polar surface area (TPSA) is 102 Å². The third-order valence-corrected chi connectivity index (χ3v) is 2.29. The van der Waals surface area contributed by atoms with E-state index in [-0.39, 0.29) is 6.54 Å². The molecule has 0 fully saturated rings. The lowest BCUT2D eigenvalue weighted by atomic mass is 10.2. The predicted octanol–water partition coefficient (Wildman–Crippen LogP) is 1.40. The first kappa shape index (κ1) is 13.5. The summed E-state index contributed by atoms with van der Waals surface area (Å²) in [6.07, 6.45) is 0. The molecule has 0 bridgehead atoms. The number of benzene rings is 1. The quantitative estimate of drug-likeness (QED) is 0.748. The van der Waals surface area contributed by atoms with Gasteiger partial charge in [0.05, 0.1) is 17.2 Å². The number of carboxylic acids is 1. The summed E-state index contributed by atoms with van der Waals surface area (Å²) in [4.78, 5) is 22.0. The molecular formula is C12H13N3O3. The van der Waals surface area contributed by atoms with Gasteiger partial charge in [0.25, 0.3) is 0 Å². The lowest BCUT2D eigenvalue weighted by molar-refractivity contribution is -0.140. The summed E-state index contributed by atoms with van der Waals surface area (Å²) in [6, 6.07) is 7.97. The van der Waals surface area contributed by atoms with Crippen molar-refractivity contribution in [2.24, 2.45) is 5.92 Å². The van der Waals surface area contributed by atoms with Crippen molar-refractivity contribution in [2.45, 2.75) is 6.92 Å². The first-order valence-electron chi connectivity index (χ1n) is 5.31. The van der Waals surface area contributed by atoms with Crippen LogP contribution in [0, 0.1) is 17.2 Å². The maximum absolute atomic E-state index is 11.5. The second-order valence-corrected chi connectivity index (χ2v) is 3.73. The van der Waals surface area contributed by atoms with Gasteiger partial charge in [0.15, 0.2) is 0 Å². The average Bonchev–Trinajstić information content (AvgIpc) is 2.36. The normalized spacial score (nSPS) is 11.1. The van der Waals surface area contributed by atoms with Gasteiger partial charge in [0, 0.05) is 6.54 Å². The number of carbonyl (C=O) groups is 2. The van der Waals surface area contributed by atoms with Gasteiger partial charge in [-0.05, 0) is 12.1 Å². The van der Waals surface area contributed by atoms with E-state index in [0.717, 1.165) is 0 Å². The highest BCUT2D eigenvalue weighted by Crippen LogP contribution is 2.12. The highest BCUT2D eigenvalue weighted by molar-refractivity contribution is 5.90. The van der Waals surface area contributed by atoms with E-state index in [1.165, 1.54) is 6.92 Å². The molecule has 0 radical (unpaired) electrons. The molecule has 6 nitrogen and oxygen atoms in total. The van der Waals surface area contributed by atoms with Gasteiger partial charge in [-0.3, -0.25) is 4.79 Å². The minimum absolute atomic E-state index is 0.0237. The van der Waals surface area contributed by atoms with Gasteiger partial charge in [-0.1, -0.05) is 19.1 Å². The molecule has 6 heteroatoms. The number of para-hydroxylation sites is 1. The van der Waals surface area contributed by atoms with Gasteiger partial charge >= 0.3 is 12.0 Å². The number of amides is 2. The van der Waals surface area contributed by atoms with Gasteiger partial charge in [-0.15, -0.1) is 0 Å². The monoisotopic (exact) mass is 247 g/mol. The van der Waals surface area contributed by atoms with Crippen molar-refractivity contribution in [3.8, 4) is 6.07 Å². The van der Waals surface area contributed by atoms with E-state index in [2.05, 4.69) is 10.6 Å². The van der Waals surface area contributed by atoms with Crippen LogP contribution in [-0.4, -0.2) is 23.7 Å². The van der Waals surface area contributed by atoms with Crippen molar-refractivity contribution in [3.63, 3.8) is 0 Å². The number of nitriles is 1. The van der Waals surface area contributed by atoms with Crippen LogP contribution in [0.25, 0.3) is 0 Å². The fraction of sp³-hybridized carbons (Fsp3) is 0.250. The van der Waals surface area contributed by atoms with Crippen molar-refractivity contribution in [2.75, 3.05) is 11.9 Å². The maximum Gasteiger partial charge on any atom is 0.319 e. The van der Waals surface area contributed by atoms with Gasteiger partial charge in [-0.25, -0.2) is 4.79 Å². The lowest BCUT2D eigenvalue weighted by Crippen LogP contribution is -2.34. The molecule has 1 unspecified atom stereocenters. The molecule has 1 aromatic carbocycles. The molecule has 0 heterocycles. The molecular weight excluding hydrogens is 234 g/mol. The van der Waals surface area contributed by atoms with E-state index < -0.39 is 17.9 Å². The molecule has 0 aliphatic carbocycles. The highest BCUT2D eigenvalue weighted by atomic mass is 16.4. The molecule has 1 aromatic rings. The molecule has 0 saturated carbocycles. The standard InChI is InChI=1S/C12H13N3O3/c1-8(11(16)17)7-14-12(18)15-10-5-3-2-4-9(10)6-13/h2-5,8H,7H2,1H3,(H,16,17)(H2,14,15,18). The molecule has 2 amide bonds. The Morgan fingerprint density at radius 3 is 2.72 bits per heavy atom. The largest absolute Gasteiger partial charge is 0.481 e. The molecule has 18 heavy (non-hydrogen) atoms. The van der Waals surface area contributed by atoms with Gasteiger partial charge in [0.1, 0.15) is 6.07 Å². The number of nitrogens with one attached hydrogen (secondary N) is 2. The first-order chi connectivity index (χ1) is 8.54. The number of rotatable bonds is 4. The van der Waals surface area contributed by atoms with Crippen molar-refractivity contribution in [3.05, 3.63) is 29.8 Å². The van der Waals surface area contributed by atoms with E-state index >= 15 is 0 Å². The zero-order chi connectivity index (χ0) is 13.5. The van der Waals surface area contributed by atoms with Crippen LogP contribution < -0.4 is 10.6 Å². The van der Waals surface area contributed by atoms with Crippen molar-refractivity contribution < 1.29 is 14.7 Å². The van der Waals surface area contributed by atoms with Gasteiger partial charge in [-0.2, -0.15) is 5.26 Å². The number of anilines is 1. The molecule has 94 valence electrons. The number of nitrogens with zero attached hydrogens (tertiary/aromatic N) is 1. The van der Waals surface area contributed by atoms with Gasteiger partial charge < -0.3 is 15.7 Å². The fourth-order valence-corrected chi connectivity index (χ4v) is 1.19. The molecule has 0 spiro atoms. The Morgan fingerprint density at radius 1 is 1.44 bits per heavy atom. The summed E-state index contributed by atoms with van der Waals surface area (Å²) >= 11 is 0. The SMILES string of the molecule is CC(CNC(=O)Nc1ccccc1C#N)C(=O)O. The first-order valence-corrected chi connectivity index (χ1v) is 5.31. The van der Waals surface area contributed by atoms with Crippen LogP contribution in [0.1, 0.15) is 12.5 Å². The Kier molecular flexibility index (Phi) is 4.69. The van der Waals surface area contributed by atoms with Crippen LogP contribution >= 0.6 is 0 Å². The smallest absolute Gasteiger partial charge is 0.319 e. The van der Waals surface area contributed by atoms with E-state index in [1.54, 1.807) is 24.3 Å². The summed E-state index contributed by atoms with van der Waals surface area (Å²) in [5, 5.41) is 22.4. The van der Waals surface area contributed by atoms with Crippen LogP contribution in [0.2, 0.25) is 0 Å².